The van der Waals surface area contributed by atoms with Gasteiger partial charge in [-0.2, -0.15) is 0 Å². The van der Waals surface area contributed by atoms with Gasteiger partial charge in [-0.25, -0.2) is 5.41 Å². The van der Waals surface area contributed by atoms with Gasteiger partial charge < -0.3 is 30.3 Å². The van der Waals surface area contributed by atoms with Crippen LogP contribution >= 0.6 is 12.2 Å². The van der Waals surface area contributed by atoms with Crippen LogP contribution in [0.2, 0.25) is 0 Å². The van der Waals surface area contributed by atoms with Crippen molar-refractivity contribution >= 4 is 23.7 Å². The third-order valence-electron chi connectivity index (χ3n) is 1.42. The van der Waals surface area contributed by atoms with Gasteiger partial charge in [0, 0.05) is 0 Å². The number of hydrogen-bond acceptors (Lipinski definition) is 8. The van der Waals surface area contributed by atoms with Crippen molar-refractivity contribution in [3.05, 3.63) is 0 Å². The maximum Gasteiger partial charge on any atom is 0.151 e. The minimum atomic E-state index is -1.79. The van der Waals surface area contributed by atoms with E-state index in [0.29, 0.717) is 0 Å². The zero-order valence-electron chi connectivity index (χ0n) is 7.65. The molecule has 0 spiro atoms. The van der Waals surface area contributed by atoms with Gasteiger partial charge in [-0.05, 0) is 12.2 Å². The Morgan fingerprint density at radius 3 is 1.93 bits per heavy atom. The van der Waals surface area contributed by atoms with Crippen molar-refractivity contribution in [2.24, 2.45) is 0 Å². The zero-order chi connectivity index (χ0) is 12.4. The Hall–Kier alpha value is -0.730. The average Bonchev–Trinajstić information content (AvgIpc) is 2.25. The molecule has 7 nitrogen and oxygen atoms in total. The maximum absolute atomic E-state index is 9.90. The van der Waals surface area contributed by atoms with Crippen molar-refractivity contribution in [1.29, 1.82) is 5.41 Å². The number of aldehydes is 1. The van der Waals surface area contributed by atoms with Crippen LogP contribution in [0, 0.1) is 5.41 Å². The van der Waals surface area contributed by atoms with Gasteiger partial charge in [0.05, 0.1) is 11.8 Å². The normalized spacial score (nSPS) is 17.4. The van der Waals surface area contributed by atoms with Crippen LogP contribution in [0.15, 0.2) is 0 Å². The van der Waals surface area contributed by atoms with Gasteiger partial charge in [-0.1, -0.05) is 0 Å². The summed E-state index contributed by atoms with van der Waals surface area (Å²) in [6.45, 7) is -0.760. The molecule has 0 aliphatic rings. The first-order valence-electron chi connectivity index (χ1n) is 3.78. The SMILES string of the molecule is N=C=S.O=C[C@@H](O)[C@@H](O)[C@H](O)[C@H](O)CO. The van der Waals surface area contributed by atoms with E-state index in [0.717, 1.165) is 0 Å². The summed E-state index contributed by atoms with van der Waals surface area (Å²) < 4.78 is 0. The minimum absolute atomic E-state index is 0.0258. The summed E-state index contributed by atoms with van der Waals surface area (Å²) >= 11 is 3.81. The predicted octanol–water partition coefficient (Wildman–Crippen LogP) is -2.71. The lowest BCUT2D eigenvalue weighted by molar-refractivity contribution is -0.136. The van der Waals surface area contributed by atoms with Gasteiger partial charge in [-0.15, -0.1) is 0 Å². The Morgan fingerprint density at radius 1 is 1.27 bits per heavy atom. The lowest BCUT2D eigenvalue weighted by Gasteiger charge is -2.22. The van der Waals surface area contributed by atoms with Crippen LogP contribution in [-0.4, -0.2) is 68.0 Å². The fourth-order valence-corrected chi connectivity index (χ4v) is 0.618. The molecule has 8 heteroatoms. The topological polar surface area (TPSA) is 142 Å². The van der Waals surface area contributed by atoms with E-state index < -0.39 is 31.0 Å². The zero-order valence-corrected chi connectivity index (χ0v) is 8.46. The van der Waals surface area contributed by atoms with Crippen LogP contribution in [0.25, 0.3) is 0 Å². The van der Waals surface area contributed by atoms with E-state index in [4.69, 9.17) is 30.9 Å². The largest absolute Gasteiger partial charge is 0.394 e. The molecule has 88 valence electrons. The molecule has 0 unspecified atom stereocenters. The van der Waals surface area contributed by atoms with E-state index in [1.807, 2.05) is 0 Å². The lowest BCUT2D eigenvalue weighted by Crippen LogP contribution is -2.46. The summed E-state index contributed by atoms with van der Waals surface area (Å²) in [6.07, 6.45) is -6.84. The molecule has 0 rings (SSSR count). The third-order valence-corrected chi connectivity index (χ3v) is 1.42. The van der Waals surface area contributed by atoms with E-state index in [2.05, 4.69) is 12.2 Å². The Bertz CT molecular complexity index is 208. The Balaban J connectivity index is 0. The number of carbonyl (C=O) groups excluding carboxylic acids is 1. The Labute approximate surface area is 91.1 Å². The summed E-state index contributed by atoms with van der Waals surface area (Å²) in [5.41, 5.74) is 0. The molecule has 0 radical (unpaired) electrons. The summed E-state index contributed by atoms with van der Waals surface area (Å²) in [7, 11) is 0. The molecule has 0 aliphatic carbocycles. The first-order valence-corrected chi connectivity index (χ1v) is 4.19. The highest BCUT2D eigenvalue weighted by Crippen LogP contribution is 2.02. The molecule has 0 aromatic rings. The molecule has 0 fully saturated rings. The molecule has 0 bridgehead atoms. The van der Waals surface area contributed by atoms with E-state index >= 15 is 0 Å². The van der Waals surface area contributed by atoms with Gasteiger partial charge >= 0.3 is 0 Å². The maximum atomic E-state index is 9.90. The number of rotatable bonds is 5. The quantitative estimate of drug-likeness (QED) is 0.174. The fourth-order valence-electron chi connectivity index (χ4n) is 0.618. The number of isothiocyanates is 1. The summed E-state index contributed by atoms with van der Waals surface area (Å²) in [5, 5.41) is 50.9. The van der Waals surface area contributed by atoms with Crippen LogP contribution in [0.3, 0.4) is 0 Å². The first-order chi connectivity index (χ1) is 6.95. The van der Waals surface area contributed by atoms with E-state index in [-0.39, 0.29) is 6.29 Å². The first kappa shape index (κ1) is 16.7. The molecule has 0 saturated carbocycles. The van der Waals surface area contributed by atoms with Crippen LogP contribution in [0.5, 0.6) is 0 Å². The fraction of sp³-hybridized carbons (Fsp3) is 0.714. The van der Waals surface area contributed by atoms with Crippen molar-refractivity contribution in [3.8, 4) is 0 Å². The molecule has 0 aromatic heterocycles. The molecule has 15 heavy (non-hydrogen) atoms. The van der Waals surface area contributed by atoms with Gasteiger partial charge in [0.25, 0.3) is 0 Å². The van der Waals surface area contributed by atoms with Crippen molar-refractivity contribution in [2.45, 2.75) is 24.4 Å². The van der Waals surface area contributed by atoms with E-state index in [1.54, 1.807) is 5.16 Å². The van der Waals surface area contributed by atoms with Crippen LogP contribution in [-0.2, 0) is 4.79 Å². The number of thiocarbonyl (C=S) groups is 1. The van der Waals surface area contributed by atoms with Crippen LogP contribution in [0.4, 0.5) is 0 Å². The highest BCUT2D eigenvalue weighted by molar-refractivity contribution is 7.78. The smallest absolute Gasteiger partial charge is 0.151 e. The second kappa shape index (κ2) is 9.81. The highest BCUT2D eigenvalue weighted by atomic mass is 32.1. The Kier molecular flexibility index (Phi) is 10.9. The molecule has 0 aliphatic heterocycles. The van der Waals surface area contributed by atoms with Crippen molar-refractivity contribution < 1.29 is 30.3 Å². The summed E-state index contributed by atoms with van der Waals surface area (Å²) in [4.78, 5) is 9.90. The molecule has 6 N–H and O–H groups in total. The van der Waals surface area contributed by atoms with Crippen LogP contribution < -0.4 is 0 Å². The molecule has 0 amide bonds. The monoisotopic (exact) mass is 239 g/mol. The standard InChI is InChI=1S/C6H12O6.CHNS/c7-1-3(9)5(11)6(12)4(10)2-8;2-1-3/h1,3-6,8-12H,2H2;2H/t3-,4-,5-,6-;/m1./s1. The second-order valence-corrected chi connectivity index (χ2v) is 2.66. The van der Waals surface area contributed by atoms with Crippen molar-refractivity contribution in [1.82, 2.24) is 0 Å². The molecule has 0 saturated heterocycles. The second-order valence-electron chi connectivity index (χ2n) is 2.46. The summed E-state index contributed by atoms with van der Waals surface area (Å²) in [6, 6.07) is 0. The number of nitrogens with one attached hydrogen (secondary N) is 1. The van der Waals surface area contributed by atoms with E-state index in [1.165, 1.54) is 0 Å². The Morgan fingerprint density at radius 2 is 1.67 bits per heavy atom. The van der Waals surface area contributed by atoms with Crippen molar-refractivity contribution in [2.75, 3.05) is 6.61 Å². The predicted molar refractivity (Wildman–Crippen MR) is 52.5 cm³/mol. The van der Waals surface area contributed by atoms with Gasteiger partial charge in [0.1, 0.15) is 24.4 Å². The number of aliphatic hydroxyl groups is 5. The van der Waals surface area contributed by atoms with Gasteiger partial charge in [0.15, 0.2) is 6.29 Å². The highest BCUT2D eigenvalue weighted by Gasteiger charge is 2.29. The summed E-state index contributed by atoms with van der Waals surface area (Å²) in [5.74, 6) is 0. The number of hydrogen-bond donors (Lipinski definition) is 6. The molecular weight excluding hydrogens is 226 g/mol. The molecular formula is C7H13NO6S. The van der Waals surface area contributed by atoms with E-state index in [9.17, 15) is 4.79 Å². The van der Waals surface area contributed by atoms with Gasteiger partial charge in [0.2, 0.25) is 0 Å². The minimum Gasteiger partial charge on any atom is -0.394 e. The van der Waals surface area contributed by atoms with Crippen molar-refractivity contribution in [3.63, 3.8) is 0 Å². The van der Waals surface area contributed by atoms with Crippen LogP contribution in [0.1, 0.15) is 0 Å². The number of carbonyl (C=O) groups is 1. The van der Waals surface area contributed by atoms with Gasteiger partial charge in [-0.3, -0.25) is 0 Å². The molecule has 0 heterocycles. The number of aliphatic hydroxyl groups excluding tert-OH is 5. The molecule has 4 atom stereocenters. The average molecular weight is 239 g/mol. The lowest BCUT2D eigenvalue weighted by atomic mass is 10.0. The third kappa shape index (κ3) is 7.23. The molecule has 0 aromatic carbocycles.